The maximum absolute atomic E-state index is 2.41. The molecule has 0 atom stereocenters. The first-order valence-corrected chi connectivity index (χ1v) is 25.8. The molecule has 1 nitrogen and oxygen atoms in total. The monoisotopic (exact) mass is 953 g/mol. The average molecular weight is 954 g/mol. The van der Waals surface area contributed by atoms with E-state index in [2.05, 4.69) is 314 Å². The van der Waals surface area contributed by atoms with Crippen molar-refractivity contribution in [3.63, 3.8) is 0 Å². The van der Waals surface area contributed by atoms with Gasteiger partial charge in [-0.25, -0.2) is 0 Å². The Bertz CT molecular complexity index is 4040. The molecule has 13 rings (SSSR count). The zero-order valence-corrected chi connectivity index (χ0v) is 41.4. The third-order valence-corrected chi connectivity index (χ3v) is 14.6. The van der Waals surface area contributed by atoms with Crippen LogP contribution >= 0.6 is 0 Å². The van der Waals surface area contributed by atoms with Crippen molar-refractivity contribution in [3.05, 3.63) is 309 Å². The van der Waals surface area contributed by atoms with Gasteiger partial charge in [0, 0.05) is 17.1 Å². The maximum atomic E-state index is 2.41. The number of hydrogen-bond acceptors (Lipinski definition) is 1. The van der Waals surface area contributed by atoms with Crippen molar-refractivity contribution in [2.24, 2.45) is 0 Å². The van der Waals surface area contributed by atoms with Crippen LogP contribution in [0, 0.1) is 0 Å². The van der Waals surface area contributed by atoms with Crippen LogP contribution in [0.3, 0.4) is 0 Å². The molecule has 0 heterocycles. The number of fused-ring (bicyclic) bond motifs is 3. The molecule has 352 valence electrons. The Balaban J connectivity index is 0.951. The quantitative estimate of drug-likeness (QED) is 0.117. The van der Waals surface area contributed by atoms with Gasteiger partial charge >= 0.3 is 0 Å². The zero-order valence-electron chi connectivity index (χ0n) is 41.4. The molecular weight excluding hydrogens is 903 g/mol. The zero-order chi connectivity index (χ0) is 49.9. The van der Waals surface area contributed by atoms with E-state index in [1.54, 1.807) is 0 Å². The third-order valence-electron chi connectivity index (χ3n) is 14.6. The molecule has 0 N–H and O–H groups in total. The van der Waals surface area contributed by atoms with E-state index in [1.807, 2.05) is 0 Å². The second-order valence-corrected chi connectivity index (χ2v) is 19.2. The molecule has 0 aromatic heterocycles. The molecule has 0 unspecified atom stereocenters. The molecule has 0 bridgehead atoms. The standard InChI is InChI=1S/C74H51N/c1-7-21-52(22-8-1)62-47-63(53-23-9-2-10-24-53)49-66(48-62)75(64-41-35-54(36-42-64)60-39-45-67(56-25-11-3-12-26-56)71(50-60)57-27-13-4-14-28-57)65-43-37-55(38-44-65)61-40-46-69-68-33-19-20-34-70(68)73(58-29-15-5-16-30-58)74(72(69)51-61)59-31-17-6-18-32-59/h1-51H. The number of benzene rings is 13. The van der Waals surface area contributed by atoms with Crippen LogP contribution in [-0.4, -0.2) is 0 Å². The highest BCUT2D eigenvalue weighted by Gasteiger charge is 2.20. The Hall–Kier alpha value is -9.82. The highest BCUT2D eigenvalue weighted by atomic mass is 15.1. The van der Waals surface area contributed by atoms with Gasteiger partial charge < -0.3 is 4.90 Å². The summed E-state index contributed by atoms with van der Waals surface area (Å²) in [5, 5.41) is 4.99. The van der Waals surface area contributed by atoms with Gasteiger partial charge in [0.25, 0.3) is 0 Å². The highest BCUT2D eigenvalue weighted by molar-refractivity contribution is 6.22. The molecule has 0 aliphatic heterocycles. The van der Waals surface area contributed by atoms with Gasteiger partial charge in [0.15, 0.2) is 0 Å². The number of rotatable bonds is 11. The Labute approximate surface area is 439 Å². The van der Waals surface area contributed by atoms with Crippen LogP contribution in [-0.2, 0) is 0 Å². The summed E-state index contributed by atoms with van der Waals surface area (Å²) in [6.45, 7) is 0. The SMILES string of the molecule is c1ccc(-c2cc(-c3ccccc3)cc(N(c3ccc(-c4ccc(-c5ccccc5)c(-c5ccccc5)c4)cc3)c3ccc(-c4ccc5c(c4)c(-c4ccccc4)c(-c4ccccc4)c4ccccc45)cc3)c2)cc1. The van der Waals surface area contributed by atoms with Gasteiger partial charge in [0.05, 0.1) is 0 Å². The van der Waals surface area contributed by atoms with Crippen LogP contribution in [0.2, 0.25) is 0 Å². The molecule has 0 saturated carbocycles. The van der Waals surface area contributed by atoms with Crippen LogP contribution in [0.1, 0.15) is 0 Å². The molecule has 13 aromatic rings. The topological polar surface area (TPSA) is 3.24 Å². The minimum absolute atomic E-state index is 1.07. The van der Waals surface area contributed by atoms with E-state index >= 15 is 0 Å². The fraction of sp³-hybridized carbons (Fsp3) is 0. The molecule has 0 saturated heterocycles. The summed E-state index contributed by atoms with van der Waals surface area (Å²) >= 11 is 0. The van der Waals surface area contributed by atoms with E-state index in [0.29, 0.717) is 0 Å². The maximum Gasteiger partial charge on any atom is 0.0473 e. The second-order valence-electron chi connectivity index (χ2n) is 19.2. The van der Waals surface area contributed by atoms with E-state index in [-0.39, 0.29) is 0 Å². The Morgan fingerprint density at radius 2 is 0.507 bits per heavy atom. The number of anilines is 3. The Morgan fingerprint density at radius 1 is 0.160 bits per heavy atom. The van der Waals surface area contributed by atoms with Gasteiger partial charge in [-0.3, -0.25) is 0 Å². The largest absolute Gasteiger partial charge is 0.310 e. The van der Waals surface area contributed by atoms with E-state index in [0.717, 1.165) is 39.3 Å². The van der Waals surface area contributed by atoms with E-state index in [9.17, 15) is 0 Å². The van der Waals surface area contributed by atoms with E-state index < -0.39 is 0 Å². The first-order valence-electron chi connectivity index (χ1n) is 25.8. The highest BCUT2D eigenvalue weighted by Crippen LogP contribution is 2.47. The number of hydrogen-bond donors (Lipinski definition) is 0. The van der Waals surface area contributed by atoms with Crippen LogP contribution in [0.5, 0.6) is 0 Å². The first-order chi connectivity index (χ1) is 37.2. The van der Waals surface area contributed by atoms with Crippen molar-refractivity contribution in [1.82, 2.24) is 0 Å². The van der Waals surface area contributed by atoms with Gasteiger partial charge in [-0.2, -0.15) is 0 Å². The normalized spacial score (nSPS) is 11.2. The van der Waals surface area contributed by atoms with Gasteiger partial charge in [0.2, 0.25) is 0 Å². The van der Waals surface area contributed by atoms with Crippen LogP contribution in [0.4, 0.5) is 17.1 Å². The van der Waals surface area contributed by atoms with Gasteiger partial charge in [0.1, 0.15) is 0 Å². The van der Waals surface area contributed by atoms with Crippen molar-refractivity contribution in [2.75, 3.05) is 4.90 Å². The Morgan fingerprint density at radius 3 is 1.00 bits per heavy atom. The average Bonchev–Trinajstić information content (AvgIpc) is 3.51. The summed E-state index contributed by atoms with van der Waals surface area (Å²) in [5.41, 5.74) is 22.3. The lowest BCUT2D eigenvalue weighted by molar-refractivity contribution is 1.28. The smallest absolute Gasteiger partial charge is 0.0473 e. The summed E-state index contributed by atoms with van der Waals surface area (Å²) < 4.78 is 0. The molecule has 0 fully saturated rings. The molecule has 0 amide bonds. The minimum atomic E-state index is 1.07. The van der Waals surface area contributed by atoms with Crippen molar-refractivity contribution >= 4 is 38.6 Å². The summed E-state index contributed by atoms with van der Waals surface area (Å²) in [6, 6.07) is 113. The second kappa shape index (κ2) is 20.0. The van der Waals surface area contributed by atoms with Crippen molar-refractivity contribution in [3.8, 4) is 89.0 Å². The van der Waals surface area contributed by atoms with E-state index in [4.69, 9.17) is 0 Å². The summed E-state index contributed by atoms with van der Waals surface area (Å²) in [4.78, 5) is 2.41. The predicted octanol–water partition coefficient (Wildman–Crippen LogP) is 20.8. The lowest BCUT2D eigenvalue weighted by Crippen LogP contribution is -2.10. The molecule has 75 heavy (non-hydrogen) atoms. The predicted molar refractivity (Wildman–Crippen MR) is 320 cm³/mol. The molecule has 0 aliphatic carbocycles. The molecule has 0 spiro atoms. The Kier molecular flexibility index (Phi) is 12.0. The summed E-state index contributed by atoms with van der Waals surface area (Å²) in [6.07, 6.45) is 0. The summed E-state index contributed by atoms with van der Waals surface area (Å²) in [7, 11) is 0. The molecule has 1 heteroatoms. The third kappa shape index (κ3) is 8.88. The fourth-order valence-electron chi connectivity index (χ4n) is 11.0. The first kappa shape index (κ1) is 45.1. The van der Waals surface area contributed by atoms with Crippen molar-refractivity contribution < 1.29 is 0 Å². The van der Waals surface area contributed by atoms with Gasteiger partial charge in [-0.15, -0.1) is 0 Å². The van der Waals surface area contributed by atoms with Crippen molar-refractivity contribution in [1.29, 1.82) is 0 Å². The van der Waals surface area contributed by atoms with Gasteiger partial charge in [-0.1, -0.05) is 255 Å². The molecule has 0 aliphatic rings. The molecular formula is C74H51N. The van der Waals surface area contributed by atoms with E-state index in [1.165, 1.54) is 88.3 Å². The molecule has 0 radical (unpaired) electrons. The summed E-state index contributed by atoms with van der Waals surface area (Å²) in [5.74, 6) is 0. The van der Waals surface area contributed by atoms with Gasteiger partial charge in [-0.05, 0) is 165 Å². The fourth-order valence-corrected chi connectivity index (χ4v) is 11.0. The molecule has 13 aromatic carbocycles. The van der Waals surface area contributed by atoms with Crippen molar-refractivity contribution in [2.45, 2.75) is 0 Å². The number of nitrogens with zero attached hydrogens (tertiary/aromatic N) is 1. The minimum Gasteiger partial charge on any atom is -0.310 e. The lowest BCUT2D eigenvalue weighted by atomic mass is 9.84. The lowest BCUT2D eigenvalue weighted by Gasteiger charge is -2.27. The van der Waals surface area contributed by atoms with Crippen LogP contribution in [0.25, 0.3) is 111 Å². The van der Waals surface area contributed by atoms with Crippen LogP contribution in [0.15, 0.2) is 309 Å². The van der Waals surface area contributed by atoms with Crippen LogP contribution < -0.4 is 4.90 Å².